The SMILES string of the molecule is CC[C@H](C(=O)Nc1ccc(OC)c(Cl)c1)N(c1ccc(OC)cc1)S(C)(=O)=O. The van der Waals surface area contributed by atoms with Gasteiger partial charge in [0.25, 0.3) is 0 Å². The van der Waals surface area contributed by atoms with E-state index >= 15 is 0 Å². The van der Waals surface area contributed by atoms with Crippen molar-refractivity contribution in [3.8, 4) is 11.5 Å². The van der Waals surface area contributed by atoms with Gasteiger partial charge >= 0.3 is 0 Å². The quantitative estimate of drug-likeness (QED) is 0.697. The number of ether oxygens (including phenoxy) is 2. The van der Waals surface area contributed by atoms with Crippen molar-refractivity contribution in [3.05, 3.63) is 47.5 Å². The van der Waals surface area contributed by atoms with Gasteiger partial charge in [0.05, 0.1) is 31.2 Å². The van der Waals surface area contributed by atoms with E-state index in [1.54, 1.807) is 49.4 Å². The predicted molar refractivity (Wildman–Crippen MR) is 111 cm³/mol. The van der Waals surface area contributed by atoms with E-state index in [-0.39, 0.29) is 6.42 Å². The Kier molecular flexibility index (Phi) is 7.15. The van der Waals surface area contributed by atoms with Crippen LogP contribution in [-0.2, 0) is 14.8 Å². The van der Waals surface area contributed by atoms with Crippen molar-refractivity contribution in [2.24, 2.45) is 0 Å². The molecule has 0 fully saturated rings. The molecule has 1 N–H and O–H groups in total. The highest BCUT2D eigenvalue weighted by Gasteiger charge is 2.31. The van der Waals surface area contributed by atoms with Crippen molar-refractivity contribution in [3.63, 3.8) is 0 Å². The van der Waals surface area contributed by atoms with Crippen LogP contribution in [0.1, 0.15) is 13.3 Å². The first-order valence-electron chi connectivity index (χ1n) is 8.49. The molecule has 2 aromatic carbocycles. The number of carbonyl (C=O) groups excluding carboxylic acids is 1. The average molecular weight is 427 g/mol. The van der Waals surface area contributed by atoms with Crippen LogP contribution in [0.4, 0.5) is 11.4 Å². The van der Waals surface area contributed by atoms with Gasteiger partial charge in [-0.15, -0.1) is 0 Å². The fourth-order valence-corrected chi connectivity index (χ4v) is 4.23. The van der Waals surface area contributed by atoms with Crippen molar-refractivity contribution < 1.29 is 22.7 Å². The fourth-order valence-electron chi connectivity index (χ4n) is 2.76. The predicted octanol–water partition coefficient (Wildman–Crippen LogP) is 3.54. The van der Waals surface area contributed by atoms with Gasteiger partial charge in [-0.1, -0.05) is 18.5 Å². The van der Waals surface area contributed by atoms with Gasteiger partial charge in [0, 0.05) is 5.69 Å². The van der Waals surface area contributed by atoms with E-state index in [0.29, 0.717) is 27.9 Å². The maximum atomic E-state index is 12.9. The van der Waals surface area contributed by atoms with Crippen LogP contribution in [0.15, 0.2) is 42.5 Å². The molecule has 0 saturated carbocycles. The van der Waals surface area contributed by atoms with Gasteiger partial charge in [-0.25, -0.2) is 8.42 Å². The smallest absolute Gasteiger partial charge is 0.248 e. The lowest BCUT2D eigenvalue weighted by Crippen LogP contribution is -2.47. The number of anilines is 2. The second-order valence-corrected chi connectivity index (χ2v) is 8.29. The number of benzene rings is 2. The third kappa shape index (κ3) is 5.08. The highest BCUT2D eigenvalue weighted by atomic mass is 35.5. The van der Waals surface area contributed by atoms with Crippen LogP contribution in [-0.4, -0.2) is 40.8 Å². The summed E-state index contributed by atoms with van der Waals surface area (Å²) in [6, 6.07) is 10.3. The molecule has 152 valence electrons. The molecule has 28 heavy (non-hydrogen) atoms. The number of amides is 1. The van der Waals surface area contributed by atoms with Crippen molar-refractivity contribution in [1.82, 2.24) is 0 Å². The van der Waals surface area contributed by atoms with Crippen molar-refractivity contribution in [1.29, 1.82) is 0 Å². The molecular weight excluding hydrogens is 404 g/mol. The number of hydrogen-bond acceptors (Lipinski definition) is 5. The van der Waals surface area contributed by atoms with E-state index in [0.717, 1.165) is 10.6 Å². The Hall–Kier alpha value is -2.45. The van der Waals surface area contributed by atoms with Crippen LogP contribution in [0.5, 0.6) is 11.5 Å². The maximum Gasteiger partial charge on any atom is 0.248 e. The van der Waals surface area contributed by atoms with Gasteiger partial charge in [-0.3, -0.25) is 9.10 Å². The molecule has 9 heteroatoms. The number of hydrogen-bond donors (Lipinski definition) is 1. The summed E-state index contributed by atoms with van der Waals surface area (Å²) in [7, 11) is -0.708. The third-order valence-electron chi connectivity index (χ3n) is 4.08. The molecule has 0 aliphatic rings. The average Bonchev–Trinajstić information content (AvgIpc) is 2.65. The summed E-state index contributed by atoms with van der Waals surface area (Å²) in [6.45, 7) is 1.74. The first-order valence-corrected chi connectivity index (χ1v) is 10.7. The molecule has 0 radical (unpaired) electrons. The summed E-state index contributed by atoms with van der Waals surface area (Å²) in [6.07, 6.45) is 1.34. The first-order chi connectivity index (χ1) is 13.2. The lowest BCUT2D eigenvalue weighted by molar-refractivity contribution is -0.117. The summed E-state index contributed by atoms with van der Waals surface area (Å²) in [5, 5.41) is 3.06. The topological polar surface area (TPSA) is 84.9 Å². The molecule has 0 spiro atoms. The number of methoxy groups -OCH3 is 2. The molecule has 0 unspecified atom stereocenters. The maximum absolute atomic E-state index is 12.9. The van der Waals surface area contributed by atoms with Crippen molar-refractivity contribution in [2.45, 2.75) is 19.4 Å². The van der Waals surface area contributed by atoms with Gasteiger partial charge < -0.3 is 14.8 Å². The highest BCUT2D eigenvalue weighted by molar-refractivity contribution is 7.92. The summed E-state index contributed by atoms with van der Waals surface area (Å²) in [4.78, 5) is 12.9. The van der Waals surface area contributed by atoms with Gasteiger partial charge in [-0.2, -0.15) is 0 Å². The van der Waals surface area contributed by atoms with Crippen molar-refractivity contribution in [2.75, 3.05) is 30.1 Å². The molecule has 0 bridgehead atoms. The number of sulfonamides is 1. The summed E-state index contributed by atoms with van der Waals surface area (Å²) in [5.74, 6) is 0.593. The molecule has 1 amide bonds. The van der Waals surface area contributed by atoms with Gasteiger partial charge in [-0.05, 0) is 48.9 Å². The molecule has 0 aromatic heterocycles. The first kappa shape index (κ1) is 21.8. The number of nitrogens with zero attached hydrogens (tertiary/aromatic N) is 1. The lowest BCUT2D eigenvalue weighted by Gasteiger charge is -2.30. The minimum atomic E-state index is -3.72. The van der Waals surface area contributed by atoms with Crippen LogP contribution >= 0.6 is 11.6 Å². The minimum Gasteiger partial charge on any atom is -0.497 e. The van der Waals surface area contributed by atoms with E-state index in [4.69, 9.17) is 21.1 Å². The Labute approximate surface area is 170 Å². The molecular formula is C19H23ClN2O5S. The molecule has 0 aliphatic heterocycles. The van der Waals surface area contributed by atoms with Crippen LogP contribution < -0.4 is 19.1 Å². The Balaban J connectivity index is 2.34. The van der Waals surface area contributed by atoms with Crippen molar-refractivity contribution >= 4 is 38.9 Å². The van der Waals surface area contributed by atoms with Crippen LogP contribution in [0.3, 0.4) is 0 Å². The van der Waals surface area contributed by atoms with E-state index in [1.807, 2.05) is 0 Å². The zero-order valence-electron chi connectivity index (χ0n) is 16.1. The van der Waals surface area contributed by atoms with E-state index in [1.165, 1.54) is 14.2 Å². The van der Waals surface area contributed by atoms with Crippen LogP contribution in [0, 0.1) is 0 Å². The Bertz CT molecular complexity index is 932. The number of halogens is 1. The van der Waals surface area contributed by atoms with E-state index in [2.05, 4.69) is 5.32 Å². The van der Waals surface area contributed by atoms with Gasteiger partial charge in [0.1, 0.15) is 17.5 Å². The Morgan fingerprint density at radius 1 is 1.14 bits per heavy atom. The largest absolute Gasteiger partial charge is 0.497 e. The summed E-state index contributed by atoms with van der Waals surface area (Å²) >= 11 is 6.09. The number of nitrogens with one attached hydrogen (secondary N) is 1. The minimum absolute atomic E-state index is 0.273. The standard InChI is InChI=1S/C19H23ClN2O5S/c1-5-17(19(23)21-13-6-11-18(27-3)16(20)12-13)22(28(4,24)25)14-7-9-15(26-2)10-8-14/h6-12,17H,5H2,1-4H3,(H,21,23)/t17-/m1/s1. The molecule has 1 atom stereocenters. The number of rotatable bonds is 8. The monoisotopic (exact) mass is 426 g/mol. The lowest BCUT2D eigenvalue weighted by atomic mass is 10.1. The number of carbonyl (C=O) groups is 1. The second kappa shape index (κ2) is 9.16. The summed E-state index contributed by atoms with van der Waals surface area (Å²) in [5.41, 5.74) is 0.815. The van der Waals surface area contributed by atoms with Gasteiger partial charge in [0.2, 0.25) is 15.9 Å². The zero-order valence-corrected chi connectivity index (χ0v) is 17.7. The Morgan fingerprint density at radius 2 is 1.79 bits per heavy atom. The molecule has 0 saturated heterocycles. The summed E-state index contributed by atoms with van der Waals surface area (Å²) < 4.78 is 36.2. The fraction of sp³-hybridized carbons (Fsp3) is 0.316. The molecule has 0 aliphatic carbocycles. The Morgan fingerprint density at radius 3 is 2.25 bits per heavy atom. The molecule has 2 aromatic rings. The van der Waals surface area contributed by atoms with E-state index in [9.17, 15) is 13.2 Å². The third-order valence-corrected chi connectivity index (χ3v) is 5.55. The zero-order chi connectivity index (χ0) is 20.9. The van der Waals surface area contributed by atoms with Crippen LogP contribution in [0.25, 0.3) is 0 Å². The van der Waals surface area contributed by atoms with Crippen LogP contribution in [0.2, 0.25) is 5.02 Å². The van der Waals surface area contributed by atoms with E-state index < -0.39 is 22.0 Å². The van der Waals surface area contributed by atoms with Gasteiger partial charge in [0.15, 0.2) is 0 Å². The second-order valence-electron chi connectivity index (χ2n) is 6.02. The molecule has 7 nitrogen and oxygen atoms in total. The normalized spacial score (nSPS) is 12.2. The molecule has 0 heterocycles. The molecule has 2 rings (SSSR count). The highest BCUT2D eigenvalue weighted by Crippen LogP contribution is 2.29.